The van der Waals surface area contributed by atoms with E-state index in [1.807, 2.05) is 6.92 Å². The summed E-state index contributed by atoms with van der Waals surface area (Å²) >= 11 is 0. The van der Waals surface area contributed by atoms with Gasteiger partial charge in [-0.1, -0.05) is 49.9 Å². The number of rotatable bonds is 6. The zero-order valence-electron chi connectivity index (χ0n) is 15.5. The van der Waals surface area contributed by atoms with Crippen molar-refractivity contribution in [3.8, 4) is 5.75 Å². The molecule has 0 aliphatic carbocycles. The minimum Gasteiger partial charge on any atom is -0.486 e. The maximum atomic E-state index is 14.7. The maximum absolute atomic E-state index is 14.7. The average Bonchev–Trinajstić information content (AvgIpc) is 2.74. The number of fused-ring (bicyclic) bond motifs is 1. The van der Waals surface area contributed by atoms with Crippen LogP contribution in [0.5, 0.6) is 5.75 Å². The predicted octanol–water partition coefficient (Wildman–Crippen LogP) is 7.15. The van der Waals surface area contributed by atoms with Gasteiger partial charge in [0.1, 0.15) is 6.61 Å². The second kappa shape index (κ2) is 8.47. The van der Waals surface area contributed by atoms with Crippen LogP contribution >= 0.6 is 0 Å². The van der Waals surface area contributed by atoms with Crippen LogP contribution in [0.1, 0.15) is 23.6 Å². The Kier molecular flexibility index (Phi) is 6.01. The molecule has 0 saturated heterocycles. The average molecular weight is 404 g/mol. The number of aryl methyl sites for hydroxylation is 1. The van der Waals surface area contributed by atoms with Crippen molar-refractivity contribution in [3.05, 3.63) is 89.3 Å². The highest BCUT2D eigenvalue weighted by atomic mass is 19.2. The molecule has 3 aromatic carbocycles. The van der Waals surface area contributed by atoms with Gasteiger partial charge in [-0.2, -0.15) is 0 Å². The molecule has 0 aliphatic rings. The maximum Gasteiger partial charge on any atom is 0.175 e. The molecule has 3 aromatic rings. The number of ether oxygens (including phenoxy) is 1. The Morgan fingerprint density at radius 3 is 2.24 bits per heavy atom. The number of hydrogen-bond acceptors (Lipinski definition) is 1. The Bertz CT molecular complexity index is 1100. The molecule has 0 saturated carbocycles. The topological polar surface area (TPSA) is 9.23 Å². The summed E-state index contributed by atoms with van der Waals surface area (Å²) in [5, 5.41) is -0.833. The molecule has 150 valence electrons. The van der Waals surface area contributed by atoms with Crippen molar-refractivity contribution in [3.63, 3.8) is 0 Å². The minimum absolute atomic E-state index is 0.0377. The molecule has 0 fully saturated rings. The first-order chi connectivity index (χ1) is 13.9. The summed E-state index contributed by atoms with van der Waals surface area (Å²) in [7, 11) is 0. The molecule has 0 bridgehead atoms. The Labute approximate surface area is 164 Å². The number of benzene rings is 3. The van der Waals surface area contributed by atoms with Crippen molar-refractivity contribution in [2.24, 2.45) is 0 Å². The fraction of sp³-hybridized carbons (Fsp3) is 0.130. The van der Waals surface area contributed by atoms with Crippen molar-refractivity contribution in [1.82, 2.24) is 0 Å². The summed E-state index contributed by atoms with van der Waals surface area (Å²) in [6.45, 7) is 5.28. The van der Waals surface area contributed by atoms with E-state index >= 15 is 0 Å². The first-order valence-electron chi connectivity index (χ1n) is 8.87. The molecule has 0 aliphatic heterocycles. The van der Waals surface area contributed by atoms with E-state index in [2.05, 4.69) is 6.58 Å². The van der Waals surface area contributed by atoms with Crippen molar-refractivity contribution in [1.29, 1.82) is 0 Å². The van der Waals surface area contributed by atoms with Gasteiger partial charge in [-0.25, -0.2) is 22.0 Å². The third-order valence-electron chi connectivity index (χ3n) is 4.49. The van der Waals surface area contributed by atoms with E-state index in [0.717, 1.165) is 11.6 Å². The van der Waals surface area contributed by atoms with E-state index in [0.29, 0.717) is 6.42 Å². The lowest BCUT2D eigenvalue weighted by molar-refractivity contribution is 0.343. The molecular formula is C23H17F5O. The highest BCUT2D eigenvalue weighted by Gasteiger charge is 2.23. The smallest absolute Gasteiger partial charge is 0.175 e. The molecule has 0 amide bonds. The zero-order chi connectivity index (χ0) is 21.1. The molecule has 6 heteroatoms. The lowest BCUT2D eigenvalue weighted by Crippen LogP contribution is -2.00. The van der Waals surface area contributed by atoms with Crippen LogP contribution in [0.15, 0.2) is 55.1 Å². The van der Waals surface area contributed by atoms with Gasteiger partial charge in [0.05, 0.1) is 10.9 Å². The summed E-state index contributed by atoms with van der Waals surface area (Å²) in [5.41, 5.74) is -0.125. The Morgan fingerprint density at radius 1 is 0.931 bits per heavy atom. The van der Waals surface area contributed by atoms with Gasteiger partial charge in [0.15, 0.2) is 34.9 Å². The summed E-state index contributed by atoms with van der Waals surface area (Å²) < 4.78 is 77.9. The van der Waals surface area contributed by atoms with Crippen LogP contribution in [0.4, 0.5) is 22.0 Å². The molecule has 0 atom stereocenters. The van der Waals surface area contributed by atoms with Crippen LogP contribution in [-0.4, -0.2) is 6.61 Å². The second-order valence-corrected chi connectivity index (χ2v) is 6.31. The second-order valence-electron chi connectivity index (χ2n) is 6.31. The quantitative estimate of drug-likeness (QED) is 0.241. The van der Waals surface area contributed by atoms with Crippen molar-refractivity contribution >= 4 is 22.4 Å². The van der Waals surface area contributed by atoms with E-state index in [9.17, 15) is 22.0 Å². The Balaban J connectivity index is 2.14. The third-order valence-corrected chi connectivity index (χ3v) is 4.49. The molecule has 0 unspecified atom stereocenters. The van der Waals surface area contributed by atoms with E-state index in [-0.39, 0.29) is 23.3 Å². The normalized spacial score (nSPS) is 12.1. The minimum atomic E-state index is -1.69. The van der Waals surface area contributed by atoms with Gasteiger partial charge in [0.25, 0.3) is 0 Å². The highest BCUT2D eigenvalue weighted by molar-refractivity contribution is 5.91. The monoisotopic (exact) mass is 404 g/mol. The van der Waals surface area contributed by atoms with Crippen LogP contribution in [0.2, 0.25) is 0 Å². The number of halogens is 5. The summed E-state index contributed by atoms with van der Waals surface area (Å²) in [5.74, 6) is -7.65. The lowest BCUT2D eigenvalue weighted by atomic mass is 10.0. The van der Waals surface area contributed by atoms with Crippen molar-refractivity contribution < 1.29 is 26.7 Å². The van der Waals surface area contributed by atoms with Crippen molar-refractivity contribution in [2.45, 2.75) is 13.3 Å². The number of hydrogen-bond donors (Lipinski definition) is 0. The third kappa shape index (κ3) is 3.88. The first kappa shape index (κ1) is 20.6. The predicted molar refractivity (Wildman–Crippen MR) is 104 cm³/mol. The highest BCUT2D eigenvalue weighted by Crippen LogP contribution is 2.36. The van der Waals surface area contributed by atoms with E-state index in [4.69, 9.17) is 4.74 Å². The molecule has 29 heavy (non-hydrogen) atoms. The van der Waals surface area contributed by atoms with Crippen LogP contribution in [0.3, 0.4) is 0 Å². The summed E-state index contributed by atoms with van der Waals surface area (Å²) in [6, 6.07) is 9.23. The molecule has 0 aromatic heterocycles. The Hall–Kier alpha value is -3.15. The Morgan fingerprint density at radius 2 is 1.62 bits per heavy atom. The van der Waals surface area contributed by atoms with Crippen LogP contribution in [0.25, 0.3) is 22.4 Å². The SMILES string of the molecule is C=CCOc1ccc2cc(C(F)=C(F)c3ccc(CC)cc3)c(F)c(F)c2c1F. The van der Waals surface area contributed by atoms with Crippen molar-refractivity contribution in [2.75, 3.05) is 6.61 Å². The van der Waals surface area contributed by atoms with E-state index < -0.39 is 40.1 Å². The van der Waals surface area contributed by atoms with Gasteiger partial charge in [-0.3, -0.25) is 0 Å². The van der Waals surface area contributed by atoms with Gasteiger partial charge in [-0.15, -0.1) is 0 Å². The molecular weight excluding hydrogens is 387 g/mol. The van der Waals surface area contributed by atoms with Gasteiger partial charge >= 0.3 is 0 Å². The molecule has 0 N–H and O–H groups in total. The van der Waals surface area contributed by atoms with Gasteiger partial charge in [0, 0.05) is 5.56 Å². The molecule has 0 spiro atoms. The standard InChI is InChI=1S/C23H17F5O/c1-3-11-29-17-10-9-15-12-16(21(26)23(28)18(15)22(17)27)20(25)19(24)14-7-5-13(4-2)6-8-14/h3,5-10,12H,1,4,11H2,2H3. The summed E-state index contributed by atoms with van der Waals surface area (Å²) in [4.78, 5) is 0. The fourth-order valence-electron chi connectivity index (χ4n) is 2.91. The molecule has 0 radical (unpaired) electrons. The van der Waals surface area contributed by atoms with Gasteiger partial charge in [0.2, 0.25) is 0 Å². The van der Waals surface area contributed by atoms with E-state index in [1.165, 1.54) is 30.3 Å². The van der Waals surface area contributed by atoms with Gasteiger partial charge in [-0.05, 0) is 29.5 Å². The summed E-state index contributed by atoms with van der Waals surface area (Å²) in [6.07, 6.45) is 2.07. The first-order valence-corrected chi connectivity index (χ1v) is 8.87. The zero-order valence-corrected chi connectivity index (χ0v) is 15.5. The van der Waals surface area contributed by atoms with Gasteiger partial charge < -0.3 is 4.74 Å². The van der Waals surface area contributed by atoms with Crippen LogP contribution in [0, 0.1) is 17.5 Å². The molecule has 0 heterocycles. The fourth-order valence-corrected chi connectivity index (χ4v) is 2.91. The molecule has 3 rings (SSSR count). The largest absolute Gasteiger partial charge is 0.486 e. The van der Waals surface area contributed by atoms with E-state index in [1.54, 1.807) is 12.1 Å². The lowest BCUT2D eigenvalue weighted by Gasteiger charge is -2.11. The van der Waals surface area contributed by atoms with Crippen LogP contribution in [-0.2, 0) is 6.42 Å². The van der Waals surface area contributed by atoms with Crippen LogP contribution < -0.4 is 4.74 Å². The molecule has 1 nitrogen and oxygen atoms in total.